The first-order chi connectivity index (χ1) is 12.7. The second-order valence-electron chi connectivity index (χ2n) is 6.12. The van der Waals surface area contributed by atoms with Crippen LogP contribution in [0.3, 0.4) is 0 Å². The number of rotatable bonds is 6. The molecule has 138 valence electrons. The topological polar surface area (TPSA) is 60.0 Å². The Kier molecular flexibility index (Phi) is 5.84. The fourth-order valence-electron chi connectivity index (χ4n) is 2.70. The Hall–Kier alpha value is -2.89. The van der Waals surface area contributed by atoms with E-state index < -0.39 is 0 Å². The van der Waals surface area contributed by atoms with E-state index in [0.29, 0.717) is 32.1 Å². The number of para-hydroxylation sites is 2. The van der Waals surface area contributed by atoms with Gasteiger partial charge in [0.2, 0.25) is 0 Å². The van der Waals surface area contributed by atoms with Gasteiger partial charge in [-0.05, 0) is 36.8 Å². The van der Waals surface area contributed by atoms with E-state index in [1.807, 2.05) is 55.5 Å². The van der Waals surface area contributed by atoms with Crippen LogP contribution in [-0.4, -0.2) is 43.8 Å². The van der Waals surface area contributed by atoms with E-state index in [1.54, 1.807) is 11.9 Å². The van der Waals surface area contributed by atoms with Crippen LogP contribution in [0.2, 0.25) is 0 Å². The predicted octanol–water partition coefficient (Wildman–Crippen LogP) is 3.07. The molecule has 0 radical (unpaired) electrons. The summed E-state index contributed by atoms with van der Waals surface area (Å²) >= 11 is 0. The average Bonchev–Trinajstić information content (AvgIpc) is 2.67. The molecule has 2 aromatic rings. The minimum Gasteiger partial charge on any atom is -0.494 e. The number of nitrogens with zero attached hydrogens (tertiary/aromatic N) is 1. The summed E-state index contributed by atoms with van der Waals surface area (Å²) in [6, 6.07) is 15.1. The van der Waals surface area contributed by atoms with Crippen molar-refractivity contribution in [2.75, 3.05) is 26.8 Å². The van der Waals surface area contributed by atoms with E-state index in [1.165, 1.54) is 0 Å². The summed E-state index contributed by atoms with van der Waals surface area (Å²) in [5, 5.41) is 2.89. The van der Waals surface area contributed by atoms with Gasteiger partial charge in [-0.2, -0.15) is 0 Å². The third kappa shape index (κ3) is 4.59. The zero-order chi connectivity index (χ0) is 18.4. The Bertz CT molecular complexity index is 733. The normalized spacial score (nSPS) is 15.2. The minimum atomic E-state index is -0.201. The molecule has 2 aromatic carbocycles. The van der Waals surface area contributed by atoms with Gasteiger partial charge in [-0.1, -0.05) is 24.3 Å². The van der Waals surface area contributed by atoms with Crippen LogP contribution in [-0.2, 0) is 6.54 Å². The second kappa shape index (κ2) is 8.47. The maximum Gasteiger partial charge on any atom is 0.317 e. The van der Waals surface area contributed by atoms with Gasteiger partial charge in [0.05, 0.1) is 13.2 Å². The molecule has 3 rings (SSSR count). The van der Waals surface area contributed by atoms with Crippen LogP contribution >= 0.6 is 0 Å². The number of hydrogen-bond acceptors (Lipinski definition) is 4. The summed E-state index contributed by atoms with van der Waals surface area (Å²) < 4.78 is 16.9. The highest BCUT2D eigenvalue weighted by Gasteiger charge is 2.21. The lowest BCUT2D eigenvalue weighted by Crippen LogP contribution is -2.44. The van der Waals surface area contributed by atoms with Gasteiger partial charge in [0.15, 0.2) is 17.6 Å². The molecule has 0 fully saturated rings. The van der Waals surface area contributed by atoms with Crippen LogP contribution in [0.1, 0.15) is 12.5 Å². The van der Waals surface area contributed by atoms with Gasteiger partial charge in [0.1, 0.15) is 12.4 Å². The number of hydrogen-bond donors (Lipinski definition) is 1. The van der Waals surface area contributed by atoms with Crippen molar-refractivity contribution in [1.29, 1.82) is 0 Å². The molecule has 6 heteroatoms. The van der Waals surface area contributed by atoms with Crippen LogP contribution in [0.25, 0.3) is 0 Å². The molecule has 26 heavy (non-hydrogen) atoms. The molecular formula is C20H24N2O4. The Morgan fingerprint density at radius 2 is 1.92 bits per heavy atom. The van der Waals surface area contributed by atoms with Crippen molar-refractivity contribution >= 4 is 6.03 Å². The molecule has 1 aliphatic rings. The number of carbonyl (C=O) groups excluding carboxylic acids is 1. The maximum absolute atomic E-state index is 12.3. The largest absolute Gasteiger partial charge is 0.494 e. The van der Waals surface area contributed by atoms with Crippen molar-refractivity contribution in [3.63, 3.8) is 0 Å². The van der Waals surface area contributed by atoms with Gasteiger partial charge in [-0.15, -0.1) is 0 Å². The molecule has 1 aliphatic heterocycles. The van der Waals surface area contributed by atoms with Crippen molar-refractivity contribution < 1.29 is 19.0 Å². The van der Waals surface area contributed by atoms with Crippen LogP contribution in [0.5, 0.6) is 17.2 Å². The quantitative estimate of drug-likeness (QED) is 0.864. The van der Waals surface area contributed by atoms with Crippen molar-refractivity contribution in [2.45, 2.75) is 19.6 Å². The summed E-state index contributed by atoms with van der Waals surface area (Å²) in [6.45, 7) is 3.91. The number of carbonyl (C=O) groups is 1. The number of urea groups is 1. The molecule has 1 N–H and O–H groups in total. The smallest absolute Gasteiger partial charge is 0.317 e. The predicted molar refractivity (Wildman–Crippen MR) is 98.8 cm³/mol. The third-order valence-electron chi connectivity index (χ3n) is 4.05. The Morgan fingerprint density at radius 3 is 2.65 bits per heavy atom. The first-order valence-corrected chi connectivity index (χ1v) is 8.75. The highest BCUT2D eigenvalue weighted by Crippen LogP contribution is 2.30. The summed E-state index contributed by atoms with van der Waals surface area (Å²) in [4.78, 5) is 13.9. The molecule has 2 amide bonds. The van der Waals surface area contributed by atoms with Crippen molar-refractivity contribution in [3.05, 3.63) is 54.1 Å². The molecule has 0 bridgehead atoms. The fraction of sp³-hybridized carbons (Fsp3) is 0.350. The van der Waals surface area contributed by atoms with Crippen LogP contribution in [0.4, 0.5) is 4.79 Å². The molecule has 0 saturated carbocycles. The average molecular weight is 356 g/mol. The number of ether oxygens (including phenoxy) is 3. The lowest BCUT2D eigenvalue weighted by atomic mass is 10.2. The summed E-state index contributed by atoms with van der Waals surface area (Å²) in [7, 11) is 1.76. The van der Waals surface area contributed by atoms with Gasteiger partial charge in [-0.25, -0.2) is 4.79 Å². The molecule has 1 heterocycles. The molecule has 0 aromatic heterocycles. The van der Waals surface area contributed by atoms with Gasteiger partial charge in [0, 0.05) is 13.6 Å². The van der Waals surface area contributed by atoms with E-state index in [9.17, 15) is 4.79 Å². The Balaban J connectivity index is 1.46. The van der Waals surface area contributed by atoms with Crippen LogP contribution < -0.4 is 19.5 Å². The van der Waals surface area contributed by atoms with Crippen LogP contribution in [0.15, 0.2) is 48.5 Å². The van der Waals surface area contributed by atoms with Crippen molar-refractivity contribution in [2.24, 2.45) is 0 Å². The zero-order valence-corrected chi connectivity index (χ0v) is 15.1. The lowest BCUT2D eigenvalue weighted by Gasteiger charge is -2.27. The van der Waals surface area contributed by atoms with Gasteiger partial charge >= 0.3 is 6.03 Å². The van der Waals surface area contributed by atoms with Gasteiger partial charge < -0.3 is 24.4 Å². The molecule has 0 spiro atoms. The van der Waals surface area contributed by atoms with Crippen molar-refractivity contribution in [1.82, 2.24) is 10.2 Å². The highest BCUT2D eigenvalue weighted by molar-refractivity contribution is 5.73. The fourth-order valence-corrected chi connectivity index (χ4v) is 2.70. The first-order valence-electron chi connectivity index (χ1n) is 8.75. The second-order valence-corrected chi connectivity index (χ2v) is 6.12. The number of benzene rings is 2. The standard InChI is InChI=1S/C20H24N2O4/c1-3-24-16-10-8-15(9-11-16)13-22(2)20(23)21-12-17-14-25-18-6-4-5-7-19(18)26-17/h4-11,17H,3,12-14H2,1-2H3,(H,21,23)/t17-/m0/s1. The monoisotopic (exact) mass is 356 g/mol. The third-order valence-corrected chi connectivity index (χ3v) is 4.05. The van der Waals surface area contributed by atoms with Crippen LogP contribution in [0, 0.1) is 0 Å². The molecule has 1 atom stereocenters. The van der Waals surface area contributed by atoms with E-state index in [-0.39, 0.29) is 12.1 Å². The first kappa shape index (κ1) is 17.9. The SMILES string of the molecule is CCOc1ccc(CN(C)C(=O)NC[C@H]2COc3ccccc3O2)cc1. The number of amides is 2. The lowest BCUT2D eigenvalue weighted by molar-refractivity contribution is 0.0904. The molecule has 6 nitrogen and oxygen atoms in total. The zero-order valence-electron chi connectivity index (χ0n) is 15.1. The van der Waals surface area contributed by atoms with E-state index in [4.69, 9.17) is 14.2 Å². The molecule has 0 unspecified atom stereocenters. The highest BCUT2D eigenvalue weighted by atomic mass is 16.6. The number of fused-ring (bicyclic) bond motifs is 1. The molecule has 0 aliphatic carbocycles. The van der Waals surface area contributed by atoms with Gasteiger partial charge in [-0.3, -0.25) is 0 Å². The minimum absolute atomic E-state index is 0.152. The molecule has 0 saturated heterocycles. The van der Waals surface area contributed by atoms with Crippen molar-refractivity contribution in [3.8, 4) is 17.2 Å². The Morgan fingerprint density at radius 1 is 1.19 bits per heavy atom. The number of nitrogens with one attached hydrogen (secondary N) is 1. The summed E-state index contributed by atoms with van der Waals surface area (Å²) in [5.41, 5.74) is 1.04. The summed E-state index contributed by atoms with van der Waals surface area (Å²) in [5.74, 6) is 2.28. The Labute approximate surface area is 153 Å². The summed E-state index contributed by atoms with van der Waals surface area (Å²) in [6.07, 6.45) is -0.201. The molecular weight excluding hydrogens is 332 g/mol. The van der Waals surface area contributed by atoms with E-state index >= 15 is 0 Å². The van der Waals surface area contributed by atoms with E-state index in [0.717, 1.165) is 17.1 Å². The van der Waals surface area contributed by atoms with Gasteiger partial charge in [0.25, 0.3) is 0 Å². The maximum atomic E-state index is 12.3. The van der Waals surface area contributed by atoms with E-state index in [2.05, 4.69) is 5.32 Å².